The zero-order valence-electron chi connectivity index (χ0n) is 8.76. The summed E-state index contributed by atoms with van der Waals surface area (Å²) in [4.78, 5) is 10.9. The first kappa shape index (κ1) is 12.4. The third kappa shape index (κ3) is 2.04. The second-order valence-electron chi connectivity index (χ2n) is 3.33. The number of benzene rings is 1. The molecule has 0 amide bonds. The van der Waals surface area contributed by atoms with Crippen LogP contribution in [0.5, 0.6) is 0 Å². The van der Waals surface area contributed by atoms with Crippen LogP contribution in [0.4, 0.5) is 0 Å². The van der Waals surface area contributed by atoms with E-state index in [0.717, 1.165) is 10.9 Å². The second kappa shape index (κ2) is 4.69. The summed E-state index contributed by atoms with van der Waals surface area (Å²) < 4.78 is 1.15. The molecule has 0 unspecified atom stereocenters. The summed E-state index contributed by atoms with van der Waals surface area (Å²) in [5, 5.41) is 22.5. The van der Waals surface area contributed by atoms with E-state index in [2.05, 4.69) is 5.10 Å². The fourth-order valence-electron chi connectivity index (χ4n) is 1.44. The van der Waals surface area contributed by atoms with Gasteiger partial charge in [-0.2, -0.15) is 10.4 Å². The molecule has 0 bridgehead atoms. The molecule has 0 aliphatic carbocycles. The van der Waals surface area contributed by atoms with E-state index in [1.807, 2.05) is 0 Å². The number of aromatic nitrogens is 2. The summed E-state index contributed by atoms with van der Waals surface area (Å²) in [7, 11) is 0. The number of carboxylic acid groups (broad SMARTS) is 1. The number of carboxylic acids is 1. The molecular formula is C11H5Cl2N3O2. The number of nitriles is 1. The Hall–Kier alpha value is -2.03. The average Bonchev–Trinajstić information content (AvgIpc) is 2.75. The lowest BCUT2D eigenvalue weighted by Crippen LogP contribution is -2.04. The predicted molar refractivity (Wildman–Crippen MR) is 65.3 cm³/mol. The molecule has 7 heteroatoms. The Labute approximate surface area is 112 Å². The van der Waals surface area contributed by atoms with E-state index in [1.54, 1.807) is 18.2 Å². The van der Waals surface area contributed by atoms with Gasteiger partial charge < -0.3 is 5.11 Å². The number of hydrogen-bond acceptors (Lipinski definition) is 3. The van der Waals surface area contributed by atoms with Crippen molar-refractivity contribution in [2.45, 2.75) is 0 Å². The quantitative estimate of drug-likeness (QED) is 0.918. The van der Waals surface area contributed by atoms with Crippen molar-refractivity contribution in [1.82, 2.24) is 9.78 Å². The molecule has 1 aromatic heterocycles. The Kier molecular flexibility index (Phi) is 3.24. The highest BCUT2D eigenvalue weighted by Crippen LogP contribution is 2.25. The number of aromatic carboxylic acids is 1. The summed E-state index contributed by atoms with van der Waals surface area (Å²) in [5.74, 6) is -1.23. The molecule has 18 heavy (non-hydrogen) atoms. The number of rotatable bonds is 2. The SMILES string of the molecule is N#Cc1c(C(=O)O)cnn1-c1cc(Cl)ccc1Cl. The van der Waals surface area contributed by atoms with E-state index >= 15 is 0 Å². The van der Waals surface area contributed by atoms with E-state index < -0.39 is 5.97 Å². The monoisotopic (exact) mass is 281 g/mol. The summed E-state index contributed by atoms with van der Waals surface area (Å²) in [6, 6.07) is 6.42. The summed E-state index contributed by atoms with van der Waals surface area (Å²) in [6.07, 6.45) is 1.10. The van der Waals surface area contributed by atoms with E-state index in [1.165, 1.54) is 6.07 Å². The minimum absolute atomic E-state index is 0.105. The van der Waals surface area contributed by atoms with E-state index in [9.17, 15) is 4.79 Å². The van der Waals surface area contributed by atoms with Crippen molar-refractivity contribution in [2.75, 3.05) is 0 Å². The van der Waals surface area contributed by atoms with Crippen molar-refractivity contribution in [1.29, 1.82) is 5.26 Å². The highest BCUT2D eigenvalue weighted by molar-refractivity contribution is 6.34. The molecule has 0 aliphatic heterocycles. The van der Waals surface area contributed by atoms with Gasteiger partial charge in [-0.1, -0.05) is 23.2 Å². The van der Waals surface area contributed by atoms with Gasteiger partial charge in [0.25, 0.3) is 0 Å². The number of carbonyl (C=O) groups is 1. The van der Waals surface area contributed by atoms with E-state index in [4.69, 9.17) is 33.6 Å². The zero-order valence-corrected chi connectivity index (χ0v) is 10.3. The van der Waals surface area contributed by atoms with Crippen molar-refractivity contribution in [2.24, 2.45) is 0 Å². The molecule has 0 radical (unpaired) electrons. The average molecular weight is 282 g/mol. The number of hydrogen-bond donors (Lipinski definition) is 1. The van der Waals surface area contributed by atoms with Crippen LogP contribution in [-0.2, 0) is 0 Å². The van der Waals surface area contributed by atoms with Crippen LogP contribution in [0.1, 0.15) is 16.1 Å². The lowest BCUT2D eigenvalue weighted by molar-refractivity contribution is 0.0696. The van der Waals surface area contributed by atoms with E-state index in [-0.39, 0.29) is 11.3 Å². The molecule has 0 saturated carbocycles. The highest BCUT2D eigenvalue weighted by atomic mass is 35.5. The van der Waals surface area contributed by atoms with Crippen LogP contribution in [0.15, 0.2) is 24.4 Å². The van der Waals surface area contributed by atoms with Crippen LogP contribution in [0.3, 0.4) is 0 Å². The standard InChI is InChI=1S/C11H5Cl2N3O2/c12-6-1-2-8(13)9(3-6)16-10(4-14)7(5-15-16)11(17)18/h1-3,5H,(H,17,18). The molecule has 2 aromatic rings. The minimum Gasteiger partial charge on any atom is -0.478 e. The van der Waals surface area contributed by atoms with Gasteiger partial charge in [-0.25, -0.2) is 9.48 Å². The first-order valence-corrected chi connectivity index (χ1v) is 5.47. The fourth-order valence-corrected chi connectivity index (χ4v) is 1.81. The second-order valence-corrected chi connectivity index (χ2v) is 4.17. The third-order valence-electron chi connectivity index (χ3n) is 2.24. The fraction of sp³-hybridized carbons (Fsp3) is 0. The van der Waals surface area contributed by atoms with Crippen LogP contribution in [-0.4, -0.2) is 20.9 Å². The molecule has 1 aromatic carbocycles. The Morgan fingerprint density at radius 2 is 2.17 bits per heavy atom. The Morgan fingerprint density at radius 3 is 2.78 bits per heavy atom. The van der Waals surface area contributed by atoms with E-state index in [0.29, 0.717) is 15.7 Å². The lowest BCUT2D eigenvalue weighted by atomic mass is 10.2. The van der Waals surface area contributed by atoms with Gasteiger partial charge in [0.2, 0.25) is 0 Å². The van der Waals surface area contributed by atoms with Crippen molar-refractivity contribution >= 4 is 29.2 Å². The topological polar surface area (TPSA) is 78.9 Å². The van der Waals surface area contributed by atoms with Crippen molar-refractivity contribution in [3.8, 4) is 11.8 Å². The third-order valence-corrected chi connectivity index (χ3v) is 2.80. The van der Waals surface area contributed by atoms with Crippen molar-refractivity contribution in [3.05, 3.63) is 45.7 Å². The lowest BCUT2D eigenvalue weighted by Gasteiger charge is -2.06. The molecule has 1 heterocycles. The normalized spacial score (nSPS) is 10.1. The maximum Gasteiger partial charge on any atom is 0.340 e. The first-order valence-electron chi connectivity index (χ1n) is 4.71. The molecule has 0 atom stereocenters. The summed E-state index contributed by atoms with van der Waals surface area (Å²) >= 11 is 11.8. The van der Waals surface area contributed by atoms with Crippen LogP contribution in [0.25, 0.3) is 5.69 Å². The largest absolute Gasteiger partial charge is 0.478 e. The number of nitrogens with zero attached hydrogens (tertiary/aromatic N) is 3. The van der Waals surface area contributed by atoms with Crippen molar-refractivity contribution < 1.29 is 9.90 Å². The summed E-state index contributed by atoms with van der Waals surface area (Å²) in [5.41, 5.74) is 0.0634. The number of halogens is 2. The van der Waals surface area contributed by atoms with Gasteiger partial charge in [-0.05, 0) is 18.2 Å². The molecule has 90 valence electrons. The molecule has 0 fully saturated rings. The van der Waals surface area contributed by atoms with Crippen LogP contribution in [0, 0.1) is 11.3 Å². The Morgan fingerprint density at radius 1 is 1.44 bits per heavy atom. The van der Waals surface area contributed by atoms with Gasteiger partial charge in [0.15, 0.2) is 5.69 Å². The highest BCUT2D eigenvalue weighted by Gasteiger charge is 2.18. The van der Waals surface area contributed by atoms with Crippen LogP contribution >= 0.6 is 23.2 Å². The van der Waals surface area contributed by atoms with Gasteiger partial charge >= 0.3 is 5.97 Å². The summed E-state index contributed by atoms with van der Waals surface area (Å²) in [6.45, 7) is 0. The molecule has 1 N–H and O–H groups in total. The maximum atomic E-state index is 10.9. The van der Waals surface area contributed by atoms with Crippen LogP contribution < -0.4 is 0 Å². The maximum absolute atomic E-state index is 10.9. The Balaban J connectivity index is 2.69. The Bertz CT molecular complexity index is 673. The molecule has 0 spiro atoms. The van der Waals surface area contributed by atoms with Gasteiger partial charge in [0, 0.05) is 5.02 Å². The zero-order chi connectivity index (χ0) is 13.3. The molecule has 0 aliphatic rings. The molecule has 0 saturated heterocycles. The van der Waals surface area contributed by atoms with Gasteiger partial charge in [-0.15, -0.1) is 0 Å². The van der Waals surface area contributed by atoms with Gasteiger partial charge in [0.05, 0.1) is 16.9 Å². The first-order chi connectivity index (χ1) is 8.54. The molecular weight excluding hydrogens is 277 g/mol. The van der Waals surface area contributed by atoms with Crippen molar-refractivity contribution in [3.63, 3.8) is 0 Å². The smallest absolute Gasteiger partial charge is 0.340 e. The predicted octanol–water partition coefficient (Wildman–Crippen LogP) is 2.75. The molecule has 2 rings (SSSR count). The molecule has 5 nitrogen and oxygen atoms in total. The van der Waals surface area contributed by atoms with Gasteiger partial charge in [0.1, 0.15) is 11.6 Å². The van der Waals surface area contributed by atoms with Crippen LogP contribution in [0.2, 0.25) is 10.0 Å². The van der Waals surface area contributed by atoms with Gasteiger partial charge in [-0.3, -0.25) is 0 Å². The minimum atomic E-state index is -1.23.